The Kier molecular flexibility index (Phi) is 4.78. The van der Waals surface area contributed by atoms with Gasteiger partial charge in [0.15, 0.2) is 5.52 Å². The molecule has 9 heteroatoms. The molecule has 0 aliphatic rings. The highest BCUT2D eigenvalue weighted by Gasteiger charge is 2.19. The zero-order valence-corrected chi connectivity index (χ0v) is 14.2. The molecule has 0 unspecified atom stereocenters. The lowest BCUT2D eigenvalue weighted by Crippen LogP contribution is -2.17. The van der Waals surface area contributed by atoms with Gasteiger partial charge >= 0.3 is 5.69 Å². The summed E-state index contributed by atoms with van der Waals surface area (Å²) in [7, 11) is 0. The van der Waals surface area contributed by atoms with Crippen molar-refractivity contribution in [3.05, 3.63) is 52.1 Å². The molecular weight excluding hydrogens is 338 g/mol. The Morgan fingerprint density at radius 2 is 1.85 bits per heavy atom. The Morgan fingerprint density at radius 3 is 2.50 bits per heavy atom. The molecule has 0 spiro atoms. The molecule has 9 nitrogen and oxygen atoms in total. The van der Waals surface area contributed by atoms with Crippen molar-refractivity contribution < 1.29 is 14.3 Å². The second-order valence-corrected chi connectivity index (χ2v) is 6.05. The van der Waals surface area contributed by atoms with Crippen molar-refractivity contribution in [2.75, 3.05) is 10.6 Å². The van der Waals surface area contributed by atoms with Crippen LogP contribution in [-0.4, -0.2) is 21.1 Å². The maximum atomic E-state index is 11.7. The second kappa shape index (κ2) is 7.18. The molecule has 0 saturated heterocycles. The summed E-state index contributed by atoms with van der Waals surface area (Å²) in [6, 6.07) is 10.3. The van der Waals surface area contributed by atoms with E-state index in [9.17, 15) is 14.9 Å². The molecule has 1 amide bonds. The molecule has 2 aromatic carbocycles. The van der Waals surface area contributed by atoms with E-state index in [4.69, 9.17) is 0 Å². The lowest BCUT2D eigenvalue weighted by Gasteiger charge is -2.10. The summed E-state index contributed by atoms with van der Waals surface area (Å²) >= 11 is 0. The van der Waals surface area contributed by atoms with Crippen molar-refractivity contribution in [2.45, 2.75) is 20.4 Å². The number of benzene rings is 2. The van der Waals surface area contributed by atoms with E-state index in [0.717, 1.165) is 11.3 Å². The Balaban J connectivity index is 1.71. The van der Waals surface area contributed by atoms with Gasteiger partial charge in [-0.1, -0.05) is 26.0 Å². The number of hydrogen-bond acceptors (Lipinski definition) is 7. The summed E-state index contributed by atoms with van der Waals surface area (Å²) in [6.45, 7) is 4.13. The lowest BCUT2D eigenvalue weighted by molar-refractivity contribution is -0.383. The van der Waals surface area contributed by atoms with Crippen LogP contribution in [0.5, 0.6) is 0 Å². The lowest BCUT2D eigenvalue weighted by atomic mass is 10.1. The first-order valence-corrected chi connectivity index (χ1v) is 7.99. The molecule has 0 radical (unpaired) electrons. The number of nitrogens with zero attached hydrogens (tertiary/aromatic N) is 3. The van der Waals surface area contributed by atoms with E-state index < -0.39 is 4.92 Å². The first-order valence-electron chi connectivity index (χ1n) is 7.99. The highest BCUT2D eigenvalue weighted by atomic mass is 16.6. The number of rotatable bonds is 6. The predicted octanol–water partition coefficient (Wildman–Crippen LogP) is 3.34. The van der Waals surface area contributed by atoms with Gasteiger partial charge in [-0.15, -0.1) is 0 Å². The summed E-state index contributed by atoms with van der Waals surface area (Å²) in [5.74, 6) is -0.125. The van der Waals surface area contributed by atoms with Crippen LogP contribution in [-0.2, 0) is 11.3 Å². The van der Waals surface area contributed by atoms with Crippen molar-refractivity contribution in [3.63, 3.8) is 0 Å². The number of hydrogen-bond donors (Lipinski definition) is 2. The standard InChI is InChI=1S/C17H17N5O4/c1-10(2)17(23)19-12-5-3-11(4-6-12)9-18-13-7-8-14(22(24)25)16-15(13)20-26-21-16/h3-8,10,18H,9H2,1-2H3,(H,19,23). The van der Waals surface area contributed by atoms with Gasteiger partial charge in [0.25, 0.3) is 0 Å². The molecular formula is C17H17N5O4. The summed E-state index contributed by atoms with van der Waals surface area (Å²) in [5.41, 5.74) is 2.54. The Labute approximate surface area is 148 Å². The Bertz CT molecular complexity index is 949. The van der Waals surface area contributed by atoms with Crippen molar-refractivity contribution in [3.8, 4) is 0 Å². The minimum atomic E-state index is -0.527. The summed E-state index contributed by atoms with van der Waals surface area (Å²) in [4.78, 5) is 22.2. The number of carbonyl (C=O) groups excluding carboxylic acids is 1. The predicted molar refractivity (Wildman–Crippen MR) is 95.7 cm³/mol. The maximum Gasteiger partial charge on any atom is 0.300 e. The monoisotopic (exact) mass is 355 g/mol. The first kappa shape index (κ1) is 17.3. The highest BCUT2D eigenvalue weighted by molar-refractivity contribution is 5.93. The van der Waals surface area contributed by atoms with E-state index in [1.54, 1.807) is 6.07 Å². The topological polar surface area (TPSA) is 123 Å². The van der Waals surface area contributed by atoms with E-state index in [1.807, 2.05) is 38.1 Å². The van der Waals surface area contributed by atoms with Crippen LogP contribution in [0.2, 0.25) is 0 Å². The Hall–Kier alpha value is -3.49. The van der Waals surface area contributed by atoms with Crippen LogP contribution in [0.3, 0.4) is 0 Å². The third kappa shape index (κ3) is 3.61. The minimum Gasteiger partial charge on any atom is -0.379 e. The minimum absolute atomic E-state index is 0.0392. The van der Waals surface area contributed by atoms with Crippen molar-refractivity contribution in [1.29, 1.82) is 0 Å². The number of anilines is 2. The molecule has 0 saturated carbocycles. The van der Waals surface area contributed by atoms with Crippen LogP contribution < -0.4 is 10.6 Å². The van der Waals surface area contributed by atoms with Crippen LogP contribution in [0.4, 0.5) is 17.1 Å². The van der Waals surface area contributed by atoms with E-state index in [0.29, 0.717) is 17.7 Å². The van der Waals surface area contributed by atoms with Crippen LogP contribution in [0.25, 0.3) is 11.0 Å². The molecule has 134 valence electrons. The number of non-ortho nitro benzene ring substituents is 1. The summed E-state index contributed by atoms with van der Waals surface area (Å²) in [6.07, 6.45) is 0. The van der Waals surface area contributed by atoms with Gasteiger partial charge in [0.1, 0.15) is 0 Å². The number of nitro groups is 1. The molecule has 0 atom stereocenters. The van der Waals surface area contributed by atoms with Gasteiger partial charge in [-0.3, -0.25) is 14.9 Å². The Morgan fingerprint density at radius 1 is 1.15 bits per heavy atom. The van der Waals surface area contributed by atoms with Gasteiger partial charge in [0.05, 0.1) is 10.6 Å². The molecule has 26 heavy (non-hydrogen) atoms. The number of nitro benzene ring substituents is 1. The van der Waals surface area contributed by atoms with Crippen molar-refractivity contribution in [2.24, 2.45) is 5.92 Å². The largest absolute Gasteiger partial charge is 0.379 e. The zero-order valence-electron chi connectivity index (χ0n) is 14.2. The fourth-order valence-corrected chi connectivity index (χ4v) is 2.33. The van der Waals surface area contributed by atoms with E-state index >= 15 is 0 Å². The molecule has 0 aliphatic heterocycles. The molecule has 3 rings (SSSR count). The van der Waals surface area contributed by atoms with Crippen molar-refractivity contribution >= 4 is 34.0 Å². The number of fused-ring (bicyclic) bond motifs is 1. The molecule has 2 N–H and O–H groups in total. The smallest absolute Gasteiger partial charge is 0.300 e. The van der Waals surface area contributed by atoms with Gasteiger partial charge in [0, 0.05) is 24.2 Å². The van der Waals surface area contributed by atoms with Crippen molar-refractivity contribution in [1.82, 2.24) is 10.3 Å². The quantitative estimate of drug-likeness (QED) is 0.513. The fraction of sp³-hybridized carbons (Fsp3) is 0.235. The third-order valence-corrected chi connectivity index (χ3v) is 3.82. The highest BCUT2D eigenvalue weighted by Crippen LogP contribution is 2.29. The first-order chi connectivity index (χ1) is 12.5. The summed E-state index contributed by atoms with van der Waals surface area (Å²) in [5, 5.41) is 24.3. The van der Waals surface area contributed by atoms with Gasteiger partial charge in [-0.2, -0.15) is 0 Å². The van der Waals surface area contributed by atoms with Gasteiger partial charge in [0.2, 0.25) is 11.4 Å². The number of amides is 1. The van der Waals surface area contributed by atoms with Crippen LogP contribution in [0.1, 0.15) is 19.4 Å². The normalized spacial score (nSPS) is 10.9. The SMILES string of the molecule is CC(C)C(=O)Nc1ccc(CNc2ccc([N+](=O)[O-])c3nonc23)cc1. The fourth-order valence-electron chi connectivity index (χ4n) is 2.33. The average Bonchev–Trinajstić information content (AvgIpc) is 3.10. The molecule has 1 heterocycles. The summed E-state index contributed by atoms with van der Waals surface area (Å²) < 4.78 is 4.64. The van der Waals surface area contributed by atoms with E-state index in [2.05, 4.69) is 25.6 Å². The molecule has 0 bridgehead atoms. The van der Waals surface area contributed by atoms with E-state index in [-0.39, 0.29) is 23.0 Å². The van der Waals surface area contributed by atoms with Gasteiger partial charge < -0.3 is 10.6 Å². The van der Waals surface area contributed by atoms with Crippen LogP contribution in [0, 0.1) is 16.0 Å². The van der Waals surface area contributed by atoms with E-state index in [1.165, 1.54) is 6.07 Å². The van der Waals surface area contributed by atoms with Crippen LogP contribution >= 0.6 is 0 Å². The molecule has 0 fully saturated rings. The number of nitrogens with one attached hydrogen (secondary N) is 2. The van der Waals surface area contributed by atoms with Gasteiger partial charge in [-0.25, -0.2) is 4.63 Å². The number of carbonyl (C=O) groups is 1. The average molecular weight is 355 g/mol. The van der Waals surface area contributed by atoms with Crippen LogP contribution in [0.15, 0.2) is 41.0 Å². The number of aromatic nitrogens is 2. The molecule has 3 aromatic rings. The molecule has 0 aliphatic carbocycles. The third-order valence-electron chi connectivity index (χ3n) is 3.82. The zero-order chi connectivity index (χ0) is 18.7. The maximum absolute atomic E-state index is 11.7. The van der Waals surface area contributed by atoms with Gasteiger partial charge in [-0.05, 0) is 34.1 Å². The molecule has 1 aromatic heterocycles. The second-order valence-electron chi connectivity index (χ2n) is 6.05.